The monoisotopic (exact) mass is 258 g/mol. The van der Waals surface area contributed by atoms with Crippen LogP contribution in [0.4, 0.5) is 0 Å². The largest absolute Gasteiger partial charge is 0.388 e. The van der Waals surface area contributed by atoms with E-state index in [1.165, 1.54) is 24.2 Å². The topological polar surface area (TPSA) is 56.7 Å². The molecule has 2 aromatic rings. The number of pyridine rings is 1. The van der Waals surface area contributed by atoms with E-state index in [0.29, 0.717) is 10.7 Å². The molecule has 2 aromatic heterocycles. The molecule has 0 fully saturated rings. The van der Waals surface area contributed by atoms with Gasteiger partial charge in [-0.1, -0.05) is 12.2 Å². The molecule has 92 valence electrons. The van der Waals surface area contributed by atoms with Crippen molar-refractivity contribution in [3.63, 3.8) is 0 Å². The summed E-state index contributed by atoms with van der Waals surface area (Å²) < 4.78 is 2.12. The summed E-state index contributed by atoms with van der Waals surface area (Å²) in [6.45, 7) is 0. The Kier molecular flexibility index (Phi) is 2.83. The number of fused-ring (bicyclic) bond motifs is 1. The minimum atomic E-state index is 0.328. The molecule has 0 saturated carbocycles. The lowest BCUT2D eigenvalue weighted by Gasteiger charge is -2.13. The maximum atomic E-state index is 5.54. The maximum Gasteiger partial charge on any atom is 0.122 e. The Morgan fingerprint density at radius 1 is 1.22 bits per heavy atom. The van der Waals surface area contributed by atoms with Gasteiger partial charge in [-0.05, 0) is 37.8 Å². The van der Waals surface area contributed by atoms with Gasteiger partial charge < -0.3 is 10.3 Å². The molecule has 0 amide bonds. The van der Waals surface area contributed by atoms with Crippen LogP contribution in [-0.2, 0) is 12.8 Å². The van der Waals surface area contributed by atoms with Crippen molar-refractivity contribution in [2.45, 2.75) is 25.7 Å². The summed E-state index contributed by atoms with van der Waals surface area (Å²) in [5, 5.41) is 0. The minimum Gasteiger partial charge on any atom is -0.388 e. The van der Waals surface area contributed by atoms with Crippen LogP contribution in [0.25, 0.3) is 5.69 Å². The van der Waals surface area contributed by atoms with Crippen LogP contribution in [-0.4, -0.2) is 19.5 Å². The summed E-state index contributed by atoms with van der Waals surface area (Å²) in [5.74, 6) is 0. The number of hydrogen-bond acceptors (Lipinski definition) is 3. The summed E-state index contributed by atoms with van der Waals surface area (Å²) in [6, 6.07) is 3.84. The van der Waals surface area contributed by atoms with Gasteiger partial charge >= 0.3 is 0 Å². The second kappa shape index (κ2) is 4.49. The van der Waals surface area contributed by atoms with Gasteiger partial charge in [0.25, 0.3) is 0 Å². The molecule has 1 aliphatic rings. The summed E-state index contributed by atoms with van der Waals surface area (Å²) in [7, 11) is 0. The smallest absolute Gasteiger partial charge is 0.122 e. The lowest BCUT2D eigenvalue weighted by atomic mass is 10.0. The molecule has 5 heteroatoms. The van der Waals surface area contributed by atoms with Crippen LogP contribution in [0.5, 0.6) is 0 Å². The van der Waals surface area contributed by atoms with Crippen molar-refractivity contribution in [3.8, 4) is 5.69 Å². The molecule has 0 spiro atoms. The summed E-state index contributed by atoms with van der Waals surface area (Å²) in [6.07, 6.45) is 8.32. The van der Waals surface area contributed by atoms with Crippen molar-refractivity contribution in [2.24, 2.45) is 5.73 Å². The molecule has 2 heterocycles. The van der Waals surface area contributed by atoms with Gasteiger partial charge in [0.2, 0.25) is 0 Å². The second-order valence-electron chi connectivity index (χ2n) is 4.48. The molecule has 3 rings (SSSR count). The molecule has 1 aliphatic carbocycles. The lowest BCUT2D eigenvalue weighted by Crippen LogP contribution is -2.12. The molecule has 0 aromatic carbocycles. The molecule has 2 N–H and O–H groups in total. The van der Waals surface area contributed by atoms with Gasteiger partial charge in [0.1, 0.15) is 4.99 Å². The van der Waals surface area contributed by atoms with E-state index in [1.807, 2.05) is 18.5 Å². The van der Waals surface area contributed by atoms with Gasteiger partial charge in [0.05, 0.1) is 29.6 Å². The highest BCUT2D eigenvalue weighted by atomic mass is 32.1. The number of hydrogen-bond donors (Lipinski definition) is 1. The highest BCUT2D eigenvalue weighted by Crippen LogP contribution is 2.22. The molecule has 0 bridgehead atoms. The average Bonchev–Trinajstić information content (AvgIpc) is 2.82. The summed E-state index contributed by atoms with van der Waals surface area (Å²) in [5.41, 5.74) is 9.75. The molecule has 0 unspecified atom stereocenters. The third kappa shape index (κ3) is 1.90. The summed E-state index contributed by atoms with van der Waals surface area (Å²) >= 11 is 4.90. The van der Waals surface area contributed by atoms with Crippen molar-refractivity contribution in [2.75, 3.05) is 0 Å². The number of imidazole rings is 1. The molecule has 0 atom stereocenters. The molecule has 0 radical (unpaired) electrons. The highest BCUT2D eigenvalue weighted by Gasteiger charge is 2.16. The predicted octanol–water partition coefficient (Wildman–Crippen LogP) is 1.78. The predicted molar refractivity (Wildman–Crippen MR) is 73.9 cm³/mol. The van der Waals surface area contributed by atoms with Crippen molar-refractivity contribution in [3.05, 3.63) is 41.7 Å². The van der Waals surface area contributed by atoms with Crippen LogP contribution in [0.3, 0.4) is 0 Å². The van der Waals surface area contributed by atoms with E-state index in [-0.39, 0.29) is 0 Å². The van der Waals surface area contributed by atoms with E-state index in [9.17, 15) is 0 Å². The quantitative estimate of drug-likeness (QED) is 0.834. The Bertz CT molecular complexity index is 586. The highest BCUT2D eigenvalue weighted by molar-refractivity contribution is 7.80. The van der Waals surface area contributed by atoms with Crippen molar-refractivity contribution in [1.82, 2.24) is 14.5 Å². The van der Waals surface area contributed by atoms with Gasteiger partial charge in [-0.25, -0.2) is 4.98 Å². The van der Waals surface area contributed by atoms with Crippen molar-refractivity contribution >= 4 is 17.2 Å². The van der Waals surface area contributed by atoms with E-state index in [1.54, 1.807) is 6.20 Å². The first-order valence-corrected chi connectivity index (χ1v) is 6.48. The van der Waals surface area contributed by atoms with Gasteiger partial charge in [0.15, 0.2) is 0 Å². The fourth-order valence-corrected chi connectivity index (χ4v) is 2.49. The average molecular weight is 258 g/mol. The van der Waals surface area contributed by atoms with Crippen LogP contribution in [0.1, 0.15) is 29.9 Å². The Morgan fingerprint density at radius 3 is 2.78 bits per heavy atom. The summed E-state index contributed by atoms with van der Waals surface area (Å²) in [4.78, 5) is 9.07. The lowest BCUT2D eigenvalue weighted by molar-refractivity contribution is 0.656. The molecular formula is C13H14N4S. The van der Waals surface area contributed by atoms with Gasteiger partial charge in [-0.3, -0.25) is 4.98 Å². The van der Waals surface area contributed by atoms with E-state index in [4.69, 9.17) is 18.0 Å². The van der Waals surface area contributed by atoms with Crippen LogP contribution in [0.2, 0.25) is 0 Å². The fourth-order valence-electron chi connectivity index (χ4n) is 2.37. The second-order valence-corrected chi connectivity index (χ2v) is 4.92. The van der Waals surface area contributed by atoms with Gasteiger partial charge in [0, 0.05) is 5.69 Å². The third-order valence-electron chi connectivity index (χ3n) is 3.31. The molecule has 18 heavy (non-hydrogen) atoms. The van der Waals surface area contributed by atoms with Crippen LogP contribution >= 0.6 is 12.2 Å². The van der Waals surface area contributed by atoms with Crippen LogP contribution in [0.15, 0.2) is 24.7 Å². The van der Waals surface area contributed by atoms with Crippen LogP contribution < -0.4 is 5.73 Å². The number of aromatic nitrogens is 3. The number of nitrogens with two attached hydrogens (primary N) is 1. The Labute approximate surface area is 111 Å². The zero-order valence-electron chi connectivity index (χ0n) is 9.97. The number of rotatable bonds is 2. The molecule has 0 aliphatic heterocycles. The number of thiocarbonyl (C=S) groups is 1. The molecule has 4 nitrogen and oxygen atoms in total. The third-order valence-corrected chi connectivity index (χ3v) is 3.52. The zero-order chi connectivity index (χ0) is 12.5. The van der Waals surface area contributed by atoms with E-state index in [2.05, 4.69) is 14.5 Å². The SMILES string of the molecule is NC(=S)c1ccc(-n2cnc3c2CCCC3)cn1. The normalized spacial score (nSPS) is 14.2. The molecule has 0 saturated heterocycles. The van der Waals surface area contributed by atoms with Crippen LogP contribution in [0, 0.1) is 0 Å². The minimum absolute atomic E-state index is 0.328. The van der Waals surface area contributed by atoms with Gasteiger partial charge in [-0.2, -0.15) is 0 Å². The first-order valence-electron chi connectivity index (χ1n) is 6.07. The van der Waals surface area contributed by atoms with Crippen molar-refractivity contribution in [1.29, 1.82) is 0 Å². The van der Waals surface area contributed by atoms with E-state index >= 15 is 0 Å². The van der Waals surface area contributed by atoms with E-state index in [0.717, 1.165) is 18.5 Å². The zero-order valence-corrected chi connectivity index (χ0v) is 10.8. The van der Waals surface area contributed by atoms with Crippen molar-refractivity contribution < 1.29 is 0 Å². The Morgan fingerprint density at radius 2 is 2.06 bits per heavy atom. The number of nitrogens with zero attached hydrogens (tertiary/aromatic N) is 3. The fraction of sp³-hybridized carbons (Fsp3) is 0.308. The Balaban J connectivity index is 1.99. The Hall–Kier alpha value is -1.75. The van der Waals surface area contributed by atoms with E-state index < -0.39 is 0 Å². The standard InChI is InChI=1S/C13H14N4S/c14-13(18)11-6-5-9(7-15-11)17-8-16-10-3-1-2-4-12(10)17/h5-8H,1-4H2,(H2,14,18). The van der Waals surface area contributed by atoms with Gasteiger partial charge in [-0.15, -0.1) is 0 Å². The first kappa shape index (κ1) is 11.3. The first-order chi connectivity index (χ1) is 8.75. The number of aryl methyl sites for hydroxylation is 1. The maximum absolute atomic E-state index is 5.54. The molecular weight excluding hydrogens is 244 g/mol.